The third kappa shape index (κ3) is 5.80. The molecule has 4 rings (SSSR count). The van der Waals surface area contributed by atoms with E-state index in [1.54, 1.807) is 26.0 Å². The van der Waals surface area contributed by atoms with E-state index in [0.717, 1.165) is 33.3 Å². The molecule has 4 aromatic rings. The van der Waals surface area contributed by atoms with E-state index in [2.05, 4.69) is 22.9 Å². The van der Waals surface area contributed by atoms with E-state index in [1.807, 2.05) is 68.6 Å². The van der Waals surface area contributed by atoms with Crippen molar-refractivity contribution in [1.82, 2.24) is 9.88 Å². The van der Waals surface area contributed by atoms with Gasteiger partial charge < -0.3 is 19.4 Å². The number of fused-ring (bicyclic) bond motifs is 1. The van der Waals surface area contributed by atoms with Gasteiger partial charge in [0.1, 0.15) is 5.75 Å². The lowest BCUT2D eigenvalue weighted by Crippen LogP contribution is -2.39. The van der Waals surface area contributed by atoms with Crippen LogP contribution in [-0.4, -0.2) is 29.2 Å². The molecule has 0 aliphatic carbocycles. The predicted octanol–water partition coefficient (Wildman–Crippen LogP) is 5.77. The first-order valence-electron chi connectivity index (χ1n) is 12.8. The first kappa shape index (κ1) is 27.5. The zero-order valence-corrected chi connectivity index (χ0v) is 23.2. The molecule has 0 bridgehead atoms. The van der Waals surface area contributed by atoms with Gasteiger partial charge in [0.2, 0.25) is 0 Å². The van der Waals surface area contributed by atoms with Crippen molar-refractivity contribution < 1.29 is 19.1 Å². The first-order valence-corrected chi connectivity index (χ1v) is 12.8. The Morgan fingerprint density at radius 3 is 2.54 bits per heavy atom. The number of hydrogen-bond acceptors (Lipinski definition) is 5. The number of nitrogens with zero attached hydrogens (tertiary/aromatic N) is 2. The molecule has 0 radical (unpaired) electrons. The number of aromatic nitrogens is 1. The first-order chi connectivity index (χ1) is 18.5. The van der Waals surface area contributed by atoms with Gasteiger partial charge in [0, 0.05) is 29.2 Å². The molecular formula is C32H33N3O4. The van der Waals surface area contributed by atoms with Crippen LogP contribution in [0.5, 0.6) is 5.75 Å². The highest BCUT2D eigenvalue weighted by Gasteiger charge is 2.31. The Labute approximate surface area is 229 Å². The maximum absolute atomic E-state index is 13.1. The van der Waals surface area contributed by atoms with Crippen molar-refractivity contribution in [2.75, 3.05) is 7.11 Å². The Bertz CT molecular complexity index is 1590. The highest BCUT2D eigenvalue weighted by atomic mass is 16.6. The number of ether oxygens (including phenoxy) is 2. The van der Waals surface area contributed by atoms with E-state index in [1.165, 1.54) is 7.11 Å². The molecule has 0 fully saturated rings. The number of rotatable bonds is 8. The third-order valence-electron chi connectivity index (χ3n) is 7.08. The number of amides is 1. The maximum atomic E-state index is 13.1. The normalized spacial score (nSPS) is 12.0. The summed E-state index contributed by atoms with van der Waals surface area (Å²) in [7, 11) is 3.34. The van der Waals surface area contributed by atoms with Gasteiger partial charge in [-0.15, -0.1) is 0 Å². The molecule has 0 saturated heterocycles. The van der Waals surface area contributed by atoms with Crippen LogP contribution in [0.4, 0.5) is 0 Å². The van der Waals surface area contributed by atoms with Gasteiger partial charge in [-0.25, -0.2) is 4.79 Å². The van der Waals surface area contributed by atoms with Gasteiger partial charge >= 0.3 is 5.97 Å². The number of nitrogens with one attached hydrogen (secondary N) is 1. The molecule has 0 spiro atoms. The van der Waals surface area contributed by atoms with Crippen molar-refractivity contribution >= 4 is 22.8 Å². The monoisotopic (exact) mass is 523 g/mol. The van der Waals surface area contributed by atoms with Crippen molar-refractivity contribution in [2.24, 2.45) is 7.05 Å². The van der Waals surface area contributed by atoms with Crippen LogP contribution in [-0.2, 0) is 23.0 Å². The molecule has 200 valence electrons. The fourth-order valence-electron chi connectivity index (χ4n) is 4.75. The molecule has 1 heterocycles. The summed E-state index contributed by atoms with van der Waals surface area (Å²) >= 11 is 0. The molecule has 0 aliphatic heterocycles. The highest BCUT2D eigenvalue weighted by Crippen LogP contribution is 2.30. The smallest absolute Gasteiger partial charge is 0.349 e. The minimum atomic E-state index is -1.10. The molecule has 39 heavy (non-hydrogen) atoms. The minimum Gasteiger partial charge on any atom is -0.476 e. The number of aryl methyl sites for hydroxylation is 1. The lowest BCUT2D eigenvalue weighted by molar-refractivity contribution is -0.156. The van der Waals surface area contributed by atoms with E-state index < -0.39 is 11.6 Å². The van der Waals surface area contributed by atoms with E-state index in [0.29, 0.717) is 23.3 Å². The molecule has 7 nitrogen and oxygen atoms in total. The maximum Gasteiger partial charge on any atom is 0.349 e. The van der Waals surface area contributed by atoms with Gasteiger partial charge in [-0.2, -0.15) is 5.26 Å². The van der Waals surface area contributed by atoms with Crippen LogP contribution in [0.15, 0.2) is 66.7 Å². The molecule has 1 atom stereocenters. The van der Waals surface area contributed by atoms with Crippen LogP contribution < -0.4 is 10.1 Å². The molecule has 0 aliphatic rings. The molecule has 0 unspecified atom stereocenters. The summed E-state index contributed by atoms with van der Waals surface area (Å²) in [5, 5.41) is 13.3. The van der Waals surface area contributed by atoms with Crippen molar-refractivity contribution in [3.05, 3.63) is 100 Å². The van der Waals surface area contributed by atoms with Gasteiger partial charge in [-0.05, 0) is 87.2 Å². The number of methoxy groups -OCH3 is 1. The van der Waals surface area contributed by atoms with E-state index in [4.69, 9.17) is 9.47 Å². The Morgan fingerprint density at radius 2 is 1.82 bits per heavy atom. The van der Waals surface area contributed by atoms with Gasteiger partial charge in [-0.3, -0.25) is 4.79 Å². The van der Waals surface area contributed by atoms with Crippen LogP contribution in [0, 0.1) is 18.3 Å². The Hall–Kier alpha value is -4.57. The highest BCUT2D eigenvalue weighted by molar-refractivity contribution is 5.99. The van der Waals surface area contributed by atoms with Gasteiger partial charge in [0.15, 0.2) is 5.60 Å². The average molecular weight is 524 g/mol. The fraction of sp³-hybridized carbons (Fsp3) is 0.281. The number of carbonyl (C=O) groups excluding carboxylic acids is 2. The Kier molecular flexibility index (Phi) is 7.78. The van der Waals surface area contributed by atoms with E-state index in [9.17, 15) is 14.9 Å². The lowest BCUT2D eigenvalue weighted by Gasteiger charge is -2.23. The third-order valence-corrected chi connectivity index (χ3v) is 7.08. The molecule has 3 aromatic carbocycles. The van der Waals surface area contributed by atoms with Crippen LogP contribution >= 0.6 is 0 Å². The summed E-state index contributed by atoms with van der Waals surface area (Å²) < 4.78 is 12.9. The molecule has 1 amide bonds. The molecule has 7 heteroatoms. The van der Waals surface area contributed by atoms with Crippen molar-refractivity contribution in [3.8, 4) is 11.8 Å². The fourth-order valence-corrected chi connectivity index (χ4v) is 4.75. The molecule has 0 saturated carbocycles. The van der Waals surface area contributed by atoms with Crippen LogP contribution in [0.2, 0.25) is 0 Å². The summed E-state index contributed by atoms with van der Waals surface area (Å²) in [6.07, 6.45) is 0.664. The van der Waals surface area contributed by atoms with Gasteiger partial charge in [0.05, 0.1) is 24.8 Å². The quantitative estimate of drug-likeness (QED) is 0.296. The number of esters is 1. The second-order valence-electron chi connectivity index (χ2n) is 10.2. The number of hydrogen-bond donors (Lipinski definition) is 1. The zero-order valence-electron chi connectivity index (χ0n) is 23.2. The number of carbonyl (C=O) groups is 2. The zero-order chi connectivity index (χ0) is 28.3. The molecule has 1 N–H and O–H groups in total. The lowest BCUT2D eigenvalue weighted by atomic mass is 10.0. The molecule has 1 aromatic heterocycles. The number of nitriles is 1. The standard InChI is InChI=1S/C32H33N3O4/c1-20(24-11-7-10-23(15-24)19-33)34-30(36)25-13-14-27-28(21(2)35(5)29(27)18-25)17-22-9-8-12-26(16-22)39-32(3,4)31(37)38-6/h7-16,18,20H,17H2,1-6H3,(H,34,36)/t20-/m0/s1. The van der Waals surface area contributed by atoms with Crippen molar-refractivity contribution in [3.63, 3.8) is 0 Å². The largest absolute Gasteiger partial charge is 0.476 e. The Morgan fingerprint density at radius 1 is 1.08 bits per heavy atom. The minimum absolute atomic E-state index is 0.176. The summed E-state index contributed by atoms with van der Waals surface area (Å²) in [5.74, 6) is -0.0258. The van der Waals surface area contributed by atoms with E-state index >= 15 is 0 Å². The van der Waals surface area contributed by atoms with Gasteiger partial charge in [0.25, 0.3) is 5.91 Å². The average Bonchev–Trinajstić information content (AvgIpc) is 3.16. The second-order valence-corrected chi connectivity index (χ2v) is 10.2. The van der Waals surface area contributed by atoms with Gasteiger partial charge in [-0.1, -0.05) is 30.3 Å². The van der Waals surface area contributed by atoms with Crippen LogP contribution in [0.3, 0.4) is 0 Å². The summed E-state index contributed by atoms with van der Waals surface area (Å²) in [5.41, 5.74) is 5.17. The second kappa shape index (κ2) is 11.0. The molecular weight excluding hydrogens is 490 g/mol. The van der Waals surface area contributed by atoms with Crippen molar-refractivity contribution in [1.29, 1.82) is 5.26 Å². The van der Waals surface area contributed by atoms with Crippen LogP contribution in [0.25, 0.3) is 10.9 Å². The summed E-state index contributed by atoms with van der Waals surface area (Å²) in [6, 6.07) is 22.6. The van der Waals surface area contributed by atoms with Crippen molar-refractivity contribution in [2.45, 2.75) is 45.8 Å². The summed E-state index contributed by atoms with van der Waals surface area (Å²) in [6.45, 7) is 7.33. The Balaban J connectivity index is 1.57. The van der Waals surface area contributed by atoms with Crippen LogP contribution in [0.1, 0.15) is 65.1 Å². The van der Waals surface area contributed by atoms with E-state index in [-0.39, 0.29) is 11.9 Å². The number of benzene rings is 3. The predicted molar refractivity (Wildman–Crippen MR) is 151 cm³/mol. The topological polar surface area (TPSA) is 93.3 Å². The summed E-state index contributed by atoms with van der Waals surface area (Å²) in [4.78, 5) is 25.2. The SMILES string of the molecule is COC(=O)C(C)(C)Oc1cccc(Cc2c(C)n(C)c3cc(C(=O)N[C@@H](C)c4cccc(C#N)c4)ccc23)c1.